The van der Waals surface area contributed by atoms with Crippen LogP contribution in [0.5, 0.6) is 0 Å². The van der Waals surface area contributed by atoms with Crippen molar-refractivity contribution in [1.82, 2.24) is 19.7 Å². The minimum atomic E-state index is 0.144. The number of likely N-dealkylation sites (tertiary alicyclic amines) is 1. The van der Waals surface area contributed by atoms with Gasteiger partial charge in [-0.25, -0.2) is 0 Å². The van der Waals surface area contributed by atoms with Gasteiger partial charge in [0.25, 0.3) is 5.91 Å². The third kappa shape index (κ3) is 2.85. The van der Waals surface area contributed by atoms with Crippen LogP contribution in [0.2, 0.25) is 0 Å². The van der Waals surface area contributed by atoms with Crippen molar-refractivity contribution in [2.24, 2.45) is 0 Å². The van der Waals surface area contributed by atoms with Crippen molar-refractivity contribution < 1.29 is 4.79 Å². The molecule has 2 aromatic rings. The summed E-state index contributed by atoms with van der Waals surface area (Å²) in [5.74, 6) is 1.44. The van der Waals surface area contributed by atoms with Gasteiger partial charge in [-0.15, -0.1) is 21.5 Å². The lowest BCUT2D eigenvalue weighted by Gasteiger charge is -2.32. The zero-order chi connectivity index (χ0) is 14.8. The number of rotatable bonds is 3. The molecule has 0 spiro atoms. The number of nitrogens with zero attached hydrogens (tertiary/aromatic N) is 4. The summed E-state index contributed by atoms with van der Waals surface area (Å²) in [7, 11) is 0. The summed E-state index contributed by atoms with van der Waals surface area (Å²) in [4.78, 5) is 15.3. The minimum Gasteiger partial charge on any atom is -0.337 e. The van der Waals surface area contributed by atoms with Crippen molar-refractivity contribution in [3.8, 4) is 0 Å². The maximum Gasteiger partial charge on any atom is 0.263 e. The standard InChI is InChI=1S/C15H20N4OS/c1-11(2)19-10-16-17-14(19)12-5-3-7-18(9-12)15(20)13-6-4-8-21-13/h4,6,8,10-12H,3,5,7,9H2,1-2H3. The van der Waals surface area contributed by atoms with Crippen molar-refractivity contribution in [3.05, 3.63) is 34.5 Å². The molecule has 5 nitrogen and oxygen atoms in total. The molecule has 21 heavy (non-hydrogen) atoms. The topological polar surface area (TPSA) is 51.0 Å². The predicted octanol–water partition coefficient (Wildman–Crippen LogP) is 2.94. The summed E-state index contributed by atoms with van der Waals surface area (Å²) < 4.78 is 2.11. The second kappa shape index (κ2) is 5.97. The van der Waals surface area contributed by atoms with E-state index in [9.17, 15) is 4.79 Å². The fourth-order valence-corrected chi connectivity index (χ4v) is 3.56. The summed E-state index contributed by atoms with van der Waals surface area (Å²) in [6, 6.07) is 4.17. The Balaban J connectivity index is 1.77. The Kier molecular flexibility index (Phi) is 4.05. The highest BCUT2D eigenvalue weighted by Gasteiger charge is 2.29. The molecule has 0 saturated carbocycles. The summed E-state index contributed by atoms with van der Waals surface area (Å²) >= 11 is 1.51. The number of carbonyl (C=O) groups excluding carboxylic acids is 1. The first kappa shape index (κ1) is 14.3. The van der Waals surface area contributed by atoms with Gasteiger partial charge in [-0.3, -0.25) is 4.79 Å². The molecule has 1 saturated heterocycles. The van der Waals surface area contributed by atoms with Crippen molar-refractivity contribution in [1.29, 1.82) is 0 Å². The van der Waals surface area contributed by atoms with E-state index in [2.05, 4.69) is 28.6 Å². The van der Waals surface area contributed by atoms with Gasteiger partial charge in [-0.05, 0) is 38.1 Å². The second-order valence-electron chi connectivity index (χ2n) is 5.76. The highest BCUT2D eigenvalue weighted by atomic mass is 32.1. The van der Waals surface area contributed by atoms with Crippen LogP contribution in [0.15, 0.2) is 23.8 Å². The van der Waals surface area contributed by atoms with Crippen LogP contribution >= 0.6 is 11.3 Å². The Morgan fingerprint density at radius 1 is 1.48 bits per heavy atom. The van der Waals surface area contributed by atoms with Crippen LogP contribution in [0.1, 0.15) is 54.1 Å². The van der Waals surface area contributed by atoms with Crippen molar-refractivity contribution in [2.75, 3.05) is 13.1 Å². The van der Waals surface area contributed by atoms with E-state index in [-0.39, 0.29) is 11.8 Å². The molecule has 0 N–H and O–H groups in total. The first-order chi connectivity index (χ1) is 10.2. The lowest BCUT2D eigenvalue weighted by Crippen LogP contribution is -2.39. The van der Waals surface area contributed by atoms with Crippen LogP contribution in [-0.4, -0.2) is 38.7 Å². The van der Waals surface area contributed by atoms with Gasteiger partial charge >= 0.3 is 0 Å². The number of carbonyl (C=O) groups is 1. The van der Waals surface area contributed by atoms with Gasteiger partial charge in [0.1, 0.15) is 12.2 Å². The predicted molar refractivity (Wildman–Crippen MR) is 82.6 cm³/mol. The van der Waals surface area contributed by atoms with E-state index < -0.39 is 0 Å². The van der Waals surface area contributed by atoms with Crippen molar-refractivity contribution in [2.45, 2.75) is 38.6 Å². The molecule has 1 aliphatic heterocycles. The molecule has 1 fully saturated rings. The molecule has 1 unspecified atom stereocenters. The Morgan fingerprint density at radius 3 is 3.05 bits per heavy atom. The Bertz CT molecular complexity index is 605. The third-order valence-corrected chi connectivity index (χ3v) is 4.82. The zero-order valence-electron chi connectivity index (χ0n) is 12.4. The Hall–Kier alpha value is -1.69. The molecule has 3 rings (SSSR count). The lowest BCUT2D eigenvalue weighted by molar-refractivity contribution is 0.0708. The van der Waals surface area contributed by atoms with Crippen molar-refractivity contribution in [3.63, 3.8) is 0 Å². The molecule has 1 atom stereocenters. The average molecular weight is 304 g/mol. The normalized spacial score (nSPS) is 19.2. The molecule has 6 heteroatoms. The van der Waals surface area contributed by atoms with E-state index in [1.54, 1.807) is 6.33 Å². The molecule has 1 amide bonds. The molecule has 0 aliphatic carbocycles. The van der Waals surface area contributed by atoms with Gasteiger partial charge in [0.05, 0.1) is 4.88 Å². The van der Waals surface area contributed by atoms with Crippen LogP contribution in [0.3, 0.4) is 0 Å². The van der Waals surface area contributed by atoms with Gasteiger partial charge in [0, 0.05) is 25.0 Å². The van der Waals surface area contributed by atoms with E-state index in [0.717, 1.165) is 36.6 Å². The van der Waals surface area contributed by atoms with E-state index in [1.165, 1.54) is 11.3 Å². The number of amides is 1. The number of hydrogen-bond donors (Lipinski definition) is 0. The minimum absolute atomic E-state index is 0.144. The molecule has 1 aliphatic rings. The van der Waals surface area contributed by atoms with Gasteiger partial charge in [-0.1, -0.05) is 6.07 Å². The second-order valence-corrected chi connectivity index (χ2v) is 6.71. The van der Waals surface area contributed by atoms with Crippen LogP contribution in [0.25, 0.3) is 0 Å². The highest BCUT2D eigenvalue weighted by molar-refractivity contribution is 7.12. The molecule has 0 radical (unpaired) electrons. The number of piperidine rings is 1. The summed E-state index contributed by atoms with van der Waals surface area (Å²) in [5.41, 5.74) is 0. The largest absolute Gasteiger partial charge is 0.337 e. The number of aromatic nitrogens is 3. The summed E-state index contributed by atoms with van der Waals surface area (Å²) in [6.07, 6.45) is 3.88. The van der Waals surface area contributed by atoms with Crippen LogP contribution in [-0.2, 0) is 0 Å². The Morgan fingerprint density at radius 2 is 2.33 bits per heavy atom. The van der Waals surface area contributed by atoms with E-state index in [0.29, 0.717) is 6.04 Å². The van der Waals surface area contributed by atoms with Crippen LogP contribution < -0.4 is 0 Å². The maximum atomic E-state index is 12.5. The van der Waals surface area contributed by atoms with E-state index >= 15 is 0 Å². The first-order valence-corrected chi connectivity index (χ1v) is 8.27. The molecule has 2 aromatic heterocycles. The summed E-state index contributed by atoms with van der Waals surface area (Å²) in [5, 5.41) is 10.3. The Labute approximate surface area is 128 Å². The molecule has 112 valence electrons. The van der Waals surface area contributed by atoms with Gasteiger partial charge in [0.15, 0.2) is 0 Å². The van der Waals surface area contributed by atoms with Gasteiger partial charge in [0.2, 0.25) is 0 Å². The first-order valence-electron chi connectivity index (χ1n) is 7.39. The third-order valence-electron chi connectivity index (χ3n) is 3.96. The zero-order valence-corrected chi connectivity index (χ0v) is 13.2. The monoisotopic (exact) mass is 304 g/mol. The maximum absolute atomic E-state index is 12.5. The molecular weight excluding hydrogens is 284 g/mol. The van der Waals surface area contributed by atoms with Gasteiger partial charge in [-0.2, -0.15) is 0 Å². The lowest BCUT2D eigenvalue weighted by atomic mass is 9.96. The highest BCUT2D eigenvalue weighted by Crippen LogP contribution is 2.28. The molecule has 0 bridgehead atoms. The van der Waals surface area contributed by atoms with Crippen LogP contribution in [0, 0.1) is 0 Å². The van der Waals surface area contributed by atoms with E-state index in [1.807, 2.05) is 22.4 Å². The van der Waals surface area contributed by atoms with Gasteiger partial charge < -0.3 is 9.47 Å². The summed E-state index contributed by atoms with van der Waals surface area (Å²) in [6.45, 7) is 5.83. The fraction of sp³-hybridized carbons (Fsp3) is 0.533. The molecule has 3 heterocycles. The fourth-order valence-electron chi connectivity index (χ4n) is 2.87. The van der Waals surface area contributed by atoms with Crippen molar-refractivity contribution >= 4 is 17.2 Å². The average Bonchev–Trinajstić information content (AvgIpc) is 3.17. The number of thiophene rings is 1. The smallest absolute Gasteiger partial charge is 0.263 e. The molecule has 0 aromatic carbocycles. The quantitative estimate of drug-likeness (QED) is 0.876. The number of hydrogen-bond acceptors (Lipinski definition) is 4. The molecular formula is C15H20N4OS. The SMILES string of the molecule is CC(C)n1cnnc1C1CCCN(C(=O)c2cccs2)C1. The van der Waals surface area contributed by atoms with E-state index in [4.69, 9.17) is 0 Å². The van der Waals surface area contributed by atoms with Crippen LogP contribution in [0.4, 0.5) is 0 Å².